The number of nitrogens with one attached hydrogen (secondary N) is 1. The Bertz CT molecular complexity index is 191. The Balaban J connectivity index is 0.00000225. The quantitative estimate of drug-likeness (QED) is 0.768. The molecule has 0 radical (unpaired) electrons. The van der Waals surface area contributed by atoms with Crippen LogP contribution in [0, 0.1) is 5.41 Å². The molecule has 0 aromatic carbocycles. The summed E-state index contributed by atoms with van der Waals surface area (Å²) in [5.74, 6) is 0. The fourth-order valence-electron chi connectivity index (χ4n) is 1.95. The molecule has 1 N–H and O–H groups in total. The molecular weight excluding hydrogens is 220 g/mol. The second-order valence-electron chi connectivity index (χ2n) is 5.81. The molecule has 2 nitrogen and oxygen atoms in total. The summed E-state index contributed by atoms with van der Waals surface area (Å²) in [4.78, 5) is 2.47. The first-order valence-corrected chi connectivity index (χ1v) is 6.08. The van der Waals surface area contributed by atoms with Crippen LogP contribution in [-0.4, -0.2) is 37.1 Å². The fraction of sp³-hybridized carbons (Fsp3) is 0.846. The lowest BCUT2D eigenvalue weighted by Crippen LogP contribution is -2.44. The van der Waals surface area contributed by atoms with Gasteiger partial charge in [-0.1, -0.05) is 26.8 Å². The normalized spacial score (nSPS) is 19.2. The minimum absolute atomic E-state index is 0. The molecule has 16 heavy (non-hydrogen) atoms. The van der Waals surface area contributed by atoms with Gasteiger partial charge >= 0.3 is 0 Å². The standard InChI is InChI=1S/C13H26N2.ClH/c1-5-8-15-9-6-12(7-10-15)14-11-13(2,3)4;/h5,12,14H,1,6-11H2,2-4H3;1H. The molecule has 1 fully saturated rings. The Morgan fingerprint density at radius 2 is 1.88 bits per heavy atom. The van der Waals surface area contributed by atoms with Gasteiger partial charge in [0.2, 0.25) is 0 Å². The topological polar surface area (TPSA) is 15.3 Å². The van der Waals surface area contributed by atoms with Crippen molar-refractivity contribution in [2.75, 3.05) is 26.2 Å². The van der Waals surface area contributed by atoms with Gasteiger partial charge in [-0.2, -0.15) is 0 Å². The average Bonchev–Trinajstić information content (AvgIpc) is 2.16. The van der Waals surface area contributed by atoms with Crippen LogP contribution in [0.4, 0.5) is 0 Å². The molecule has 1 aliphatic rings. The fourth-order valence-corrected chi connectivity index (χ4v) is 1.95. The molecule has 1 rings (SSSR count). The van der Waals surface area contributed by atoms with E-state index in [1.54, 1.807) is 0 Å². The van der Waals surface area contributed by atoms with Crippen molar-refractivity contribution in [2.45, 2.75) is 39.7 Å². The van der Waals surface area contributed by atoms with Crippen LogP contribution in [0.5, 0.6) is 0 Å². The molecule has 0 saturated carbocycles. The number of hydrogen-bond donors (Lipinski definition) is 1. The molecule has 0 amide bonds. The van der Waals surface area contributed by atoms with Gasteiger partial charge in [0.15, 0.2) is 0 Å². The lowest BCUT2D eigenvalue weighted by molar-refractivity contribution is 0.205. The Hall–Kier alpha value is -0.0500. The van der Waals surface area contributed by atoms with Gasteiger partial charge in [-0.05, 0) is 31.3 Å². The van der Waals surface area contributed by atoms with E-state index in [-0.39, 0.29) is 12.4 Å². The number of piperidine rings is 1. The lowest BCUT2D eigenvalue weighted by Gasteiger charge is -2.33. The Morgan fingerprint density at radius 1 is 1.31 bits per heavy atom. The van der Waals surface area contributed by atoms with Crippen LogP contribution in [0.2, 0.25) is 0 Å². The van der Waals surface area contributed by atoms with E-state index >= 15 is 0 Å². The molecule has 0 spiro atoms. The van der Waals surface area contributed by atoms with Gasteiger partial charge in [0.25, 0.3) is 0 Å². The molecule has 0 atom stereocenters. The van der Waals surface area contributed by atoms with Crippen LogP contribution in [0.1, 0.15) is 33.6 Å². The van der Waals surface area contributed by atoms with Crippen LogP contribution in [-0.2, 0) is 0 Å². The van der Waals surface area contributed by atoms with E-state index in [9.17, 15) is 0 Å². The molecule has 0 aliphatic carbocycles. The number of hydrogen-bond acceptors (Lipinski definition) is 2. The minimum Gasteiger partial charge on any atom is -0.313 e. The Labute approximate surface area is 107 Å². The SMILES string of the molecule is C=CCN1CCC(NCC(C)(C)C)CC1.Cl. The zero-order valence-corrected chi connectivity index (χ0v) is 11.8. The third-order valence-electron chi connectivity index (χ3n) is 2.90. The van der Waals surface area contributed by atoms with E-state index in [2.05, 4.69) is 37.6 Å². The summed E-state index contributed by atoms with van der Waals surface area (Å²) in [6.45, 7) is 15.2. The summed E-state index contributed by atoms with van der Waals surface area (Å²) in [5, 5.41) is 3.67. The van der Waals surface area contributed by atoms with E-state index in [4.69, 9.17) is 0 Å². The lowest BCUT2D eigenvalue weighted by atomic mass is 9.95. The number of halogens is 1. The van der Waals surface area contributed by atoms with Crippen LogP contribution >= 0.6 is 12.4 Å². The van der Waals surface area contributed by atoms with Gasteiger partial charge in [-0.15, -0.1) is 19.0 Å². The van der Waals surface area contributed by atoms with E-state index in [0.29, 0.717) is 5.41 Å². The first-order chi connectivity index (χ1) is 7.01. The van der Waals surface area contributed by atoms with Crippen LogP contribution in [0.3, 0.4) is 0 Å². The van der Waals surface area contributed by atoms with Crippen molar-refractivity contribution >= 4 is 12.4 Å². The summed E-state index contributed by atoms with van der Waals surface area (Å²) >= 11 is 0. The van der Waals surface area contributed by atoms with Crippen LogP contribution < -0.4 is 5.32 Å². The molecule has 3 heteroatoms. The van der Waals surface area contributed by atoms with Crippen molar-refractivity contribution in [3.05, 3.63) is 12.7 Å². The van der Waals surface area contributed by atoms with Gasteiger partial charge in [0, 0.05) is 19.1 Å². The maximum atomic E-state index is 3.79. The van der Waals surface area contributed by atoms with Gasteiger partial charge in [0.1, 0.15) is 0 Å². The molecule has 1 aliphatic heterocycles. The van der Waals surface area contributed by atoms with Crippen molar-refractivity contribution < 1.29 is 0 Å². The third kappa shape index (κ3) is 6.51. The molecule has 1 saturated heterocycles. The van der Waals surface area contributed by atoms with Gasteiger partial charge in [-0.25, -0.2) is 0 Å². The molecule has 0 bridgehead atoms. The molecule has 0 aromatic heterocycles. The highest BCUT2D eigenvalue weighted by atomic mass is 35.5. The zero-order valence-electron chi connectivity index (χ0n) is 11.0. The van der Waals surface area contributed by atoms with Crippen molar-refractivity contribution in [1.29, 1.82) is 0 Å². The summed E-state index contributed by atoms with van der Waals surface area (Å²) in [7, 11) is 0. The molecule has 0 aromatic rings. The predicted octanol–water partition coefficient (Wildman–Crippen LogP) is 2.69. The number of rotatable bonds is 4. The maximum absolute atomic E-state index is 3.79. The van der Waals surface area contributed by atoms with Crippen LogP contribution in [0.15, 0.2) is 12.7 Å². The minimum atomic E-state index is 0. The van der Waals surface area contributed by atoms with Gasteiger partial charge < -0.3 is 5.32 Å². The van der Waals surface area contributed by atoms with Crippen molar-refractivity contribution in [3.63, 3.8) is 0 Å². The predicted molar refractivity (Wildman–Crippen MR) is 74.4 cm³/mol. The first kappa shape index (κ1) is 16.0. The second-order valence-corrected chi connectivity index (χ2v) is 5.81. The van der Waals surface area contributed by atoms with Crippen LogP contribution in [0.25, 0.3) is 0 Å². The number of nitrogens with zero attached hydrogens (tertiary/aromatic N) is 1. The Kier molecular flexibility index (Phi) is 7.29. The largest absolute Gasteiger partial charge is 0.313 e. The monoisotopic (exact) mass is 246 g/mol. The Morgan fingerprint density at radius 3 is 2.31 bits per heavy atom. The van der Waals surface area contributed by atoms with Crippen molar-refractivity contribution in [1.82, 2.24) is 10.2 Å². The van der Waals surface area contributed by atoms with Gasteiger partial charge in [-0.3, -0.25) is 4.90 Å². The molecular formula is C13H27ClN2. The molecule has 96 valence electrons. The highest BCUT2D eigenvalue weighted by molar-refractivity contribution is 5.85. The van der Waals surface area contributed by atoms with E-state index in [1.165, 1.54) is 25.9 Å². The van der Waals surface area contributed by atoms with E-state index in [1.807, 2.05) is 6.08 Å². The van der Waals surface area contributed by atoms with Gasteiger partial charge in [0.05, 0.1) is 0 Å². The number of likely N-dealkylation sites (tertiary alicyclic amines) is 1. The molecule has 1 heterocycles. The summed E-state index contributed by atoms with van der Waals surface area (Å²) in [6.07, 6.45) is 4.57. The third-order valence-corrected chi connectivity index (χ3v) is 2.90. The zero-order chi connectivity index (χ0) is 11.3. The summed E-state index contributed by atoms with van der Waals surface area (Å²) in [5.41, 5.74) is 0.401. The first-order valence-electron chi connectivity index (χ1n) is 6.08. The van der Waals surface area contributed by atoms with E-state index in [0.717, 1.165) is 19.1 Å². The highest BCUT2D eigenvalue weighted by Crippen LogP contribution is 2.14. The maximum Gasteiger partial charge on any atom is 0.0160 e. The summed E-state index contributed by atoms with van der Waals surface area (Å²) in [6, 6.07) is 0.727. The second kappa shape index (κ2) is 7.31. The molecule has 0 unspecified atom stereocenters. The van der Waals surface area contributed by atoms with Crippen molar-refractivity contribution in [3.8, 4) is 0 Å². The highest BCUT2D eigenvalue weighted by Gasteiger charge is 2.19. The smallest absolute Gasteiger partial charge is 0.0160 e. The van der Waals surface area contributed by atoms with E-state index < -0.39 is 0 Å². The van der Waals surface area contributed by atoms with Crippen molar-refractivity contribution in [2.24, 2.45) is 5.41 Å². The average molecular weight is 247 g/mol. The summed E-state index contributed by atoms with van der Waals surface area (Å²) < 4.78 is 0.